The minimum Gasteiger partial charge on any atom is -0.382 e. The third-order valence-corrected chi connectivity index (χ3v) is 6.47. The van der Waals surface area contributed by atoms with Gasteiger partial charge in [0.1, 0.15) is 5.52 Å². The van der Waals surface area contributed by atoms with E-state index < -0.39 is 26.7 Å². The van der Waals surface area contributed by atoms with Crippen LogP contribution in [-0.2, 0) is 16.4 Å². The van der Waals surface area contributed by atoms with Crippen molar-refractivity contribution >= 4 is 32.9 Å². The Morgan fingerprint density at radius 3 is 2.42 bits per heavy atom. The molecular weight excluding hydrogens is 420 g/mol. The van der Waals surface area contributed by atoms with E-state index >= 15 is 0 Å². The average Bonchev–Trinajstić information content (AvgIpc) is 3.00. The molecule has 0 spiro atoms. The summed E-state index contributed by atoms with van der Waals surface area (Å²) in [7, 11) is -2.21. The molecular formula is C20H26N6O4S. The van der Waals surface area contributed by atoms with Crippen molar-refractivity contribution in [1.29, 1.82) is 0 Å². The van der Waals surface area contributed by atoms with Gasteiger partial charge in [0.25, 0.3) is 5.16 Å². The number of nitrogens with two attached hydrogens (primary N) is 1. The molecule has 2 aromatic heterocycles. The van der Waals surface area contributed by atoms with Gasteiger partial charge in [0, 0.05) is 13.6 Å². The Morgan fingerprint density at radius 1 is 1.13 bits per heavy atom. The van der Waals surface area contributed by atoms with Crippen LogP contribution in [0, 0.1) is 0 Å². The molecule has 0 aliphatic heterocycles. The molecule has 0 unspecified atom stereocenters. The summed E-state index contributed by atoms with van der Waals surface area (Å²) in [6.45, 7) is 4.16. The van der Waals surface area contributed by atoms with Crippen molar-refractivity contribution in [2.24, 2.45) is 0 Å². The Bertz CT molecular complexity index is 1260. The van der Waals surface area contributed by atoms with Crippen LogP contribution >= 0.6 is 0 Å². The van der Waals surface area contributed by atoms with Crippen molar-refractivity contribution in [3.63, 3.8) is 0 Å². The number of rotatable bonds is 7. The predicted octanol–water partition coefficient (Wildman–Crippen LogP) is 1.72. The average molecular weight is 447 g/mol. The van der Waals surface area contributed by atoms with Gasteiger partial charge in [0.2, 0.25) is 9.84 Å². The van der Waals surface area contributed by atoms with Crippen LogP contribution in [0.3, 0.4) is 0 Å². The zero-order valence-electron chi connectivity index (χ0n) is 17.8. The minimum atomic E-state index is -3.78. The van der Waals surface area contributed by atoms with Gasteiger partial charge in [-0.25, -0.2) is 22.6 Å². The first-order valence-corrected chi connectivity index (χ1v) is 11.7. The van der Waals surface area contributed by atoms with Gasteiger partial charge in [-0.1, -0.05) is 44.2 Å². The van der Waals surface area contributed by atoms with E-state index in [1.165, 1.54) is 9.47 Å². The highest BCUT2D eigenvalue weighted by Gasteiger charge is 2.28. The molecule has 3 rings (SSSR count). The lowest BCUT2D eigenvalue weighted by atomic mass is 10.2. The summed E-state index contributed by atoms with van der Waals surface area (Å²) in [4.78, 5) is 35.8. The van der Waals surface area contributed by atoms with E-state index in [0.29, 0.717) is 19.4 Å². The lowest BCUT2D eigenvalue weighted by Gasteiger charge is -2.16. The highest BCUT2D eigenvalue weighted by atomic mass is 32.2. The lowest BCUT2D eigenvalue weighted by molar-refractivity contribution is 0.210. The fourth-order valence-corrected chi connectivity index (χ4v) is 4.52. The summed E-state index contributed by atoms with van der Waals surface area (Å²) < 4.78 is 27.3. The van der Waals surface area contributed by atoms with Gasteiger partial charge in [0.15, 0.2) is 11.5 Å². The number of hydrogen-bond donors (Lipinski definition) is 1. The molecule has 0 saturated heterocycles. The highest BCUT2D eigenvalue weighted by Crippen LogP contribution is 2.21. The van der Waals surface area contributed by atoms with Crippen molar-refractivity contribution in [3.05, 3.63) is 46.4 Å². The second kappa shape index (κ2) is 8.88. The Morgan fingerprint density at radius 2 is 1.81 bits per heavy atom. The van der Waals surface area contributed by atoms with E-state index in [0.717, 1.165) is 10.1 Å². The summed E-state index contributed by atoms with van der Waals surface area (Å²) in [5.74, 6) is -0.387. The zero-order valence-corrected chi connectivity index (χ0v) is 18.6. The van der Waals surface area contributed by atoms with Crippen LogP contribution in [0.5, 0.6) is 0 Å². The van der Waals surface area contributed by atoms with Gasteiger partial charge in [0.05, 0.1) is 12.3 Å². The van der Waals surface area contributed by atoms with E-state index in [1.54, 1.807) is 14.0 Å². The second-order valence-corrected chi connectivity index (χ2v) is 9.28. The molecule has 3 aromatic rings. The van der Waals surface area contributed by atoms with Crippen LogP contribution in [0.25, 0.3) is 11.2 Å². The SMILES string of the molecule is CCCN(C)C(=O)n1c(=O)n(Cc2ccccc2)c2nc(S(=O)(=O)CCC)nc(N)c21. The first-order chi connectivity index (χ1) is 14.7. The molecule has 0 aliphatic rings. The van der Waals surface area contributed by atoms with Crippen molar-refractivity contribution < 1.29 is 13.2 Å². The third kappa shape index (κ3) is 4.31. The van der Waals surface area contributed by atoms with Gasteiger partial charge in [-0.05, 0) is 18.4 Å². The van der Waals surface area contributed by atoms with Crippen LogP contribution in [0.15, 0.2) is 40.3 Å². The summed E-state index contributed by atoms with van der Waals surface area (Å²) >= 11 is 0. The van der Waals surface area contributed by atoms with Crippen LogP contribution in [-0.4, -0.2) is 57.8 Å². The lowest BCUT2D eigenvalue weighted by Crippen LogP contribution is -2.38. The topological polar surface area (TPSA) is 133 Å². The number of anilines is 1. The predicted molar refractivity (Wildman–Crippen MR) is 118 cm³/mol. The normalized spacial score (nSPS) is 11.7. The Balaban J connectivity index is 2.31. The number of sulfone groups is 1. The van der Waals surface area contributed by atoms with Crippen LogP contribution < -0.4 is 11.4 Å². The van der Waals surface area contributed by atoms with Gasteiger partial charge in [-0.3, -0.25) is 4.57 Å². The summed E-state index contributed by atoms with van der Waals surface area (Å²) in [5, 5.41) is -0.451. The molecule has 10 nitrogen and oxygen atoms in total. The number of imidazole rings is 1. The molecule has 1 aromatic carbocycles. The van der Waals surface area contributed by atoms with E-state index in [9.17, 15) is 18.0 Å². The molecule has 0 saturated carbocycles. The molecule has 0 radical (unpaired) electrons. The molecule has 11 heteroatoms. The molecule has 31 heavy (non-hydrogen) atoms. The van der Waals surface area contributed by atoms with E-state index in [1.807, 2.05) is 37.3 Å². The van der Waals surface area contributed by atoms with E-state index in [-0.39, 0.29) is 29.3 Å². The first kappa shape index (κ1) is 22.5. The van der Waals surface area contributed by atoms with Gasteiger partial charge in [-0.15, -0.1) is 0 Å². The van der Waals surface area contributed by atoms with E-state index in [2.05, 4.69) is 9.97 Å². The number of benzene rings is 1. The number of hydrogen-bond acceptors (Lipinski definition) is 7. The summed E-state index contributed by atoms with van der Waals surface area (Å²) in [6.07, 6.45) is 1.08. The van der Waals surface area contributed by atoms with Gasteiger partial charge >= 0.3 is 11.7 Å². The smallest absolute Gasteiger partial charge is 0.339 e. The largest absolute Gasteiger partial charge is 0.382 e. The van der Waals surface area contributed by atoms with Crippen molar-refractivity contribution in [3.8, 4) is 0 Å². The van der Waals surface area contributed by atoms with Crippen LogP contribution in [0.2, 0.25) is 0 Å². The number of carbonyl (C=O) groups excluding carboxylic acids is 1. The number of amides is 1. The van der Waals surface area contributed by atoms with Crippen molar-refractivity contribution in [2.45, 2.75) is 38.4 Å². The molecule has 0 atom stereocenters. The molecule has 0 bridgehead atoms. The standard InChI is InChI=1S/C20H26N6O4S/c1-4-11-24(3)19(27)26-15-16(21)22-18(31(29,30)12-5-2)23-17(15)25(20(26)28)13-14-9-7-6-8-10-14/h6-10H,4-5,11-13H2,1-3H3,(H2,21,22,23). The van der Waals surface area contributed by atoms with Crippen LogP contribution in [0.1, 0.15) is 32.3 Å². The van der Waals surface area contributed by atoms with Gasteiger partial charge in [-0.2, -0.15) is 9.97 Å². The molecule has 2 N–H and O–H groups in total. The third-order valence-electron chi connectivity index (χ3n) is 4.78. The Hall–Kier alpha value is -3.21. The van der Waals surface area contributed by atoms with Crippen LogP contribution in [0.4, 0.5) is 10.6 Å². The zero-order chi connectivity index (χ0) is 22.8. The molecule has 166 valence electrons. The monoisotopic (exact) mass is 446 g/mol. The molecule has 0 fully saturated rings. The fraction of sp³-hybridized carbons (Fsp3) is 0.400. The number of fused-ring (bicyclic) bond motifs is 1. The number of nitrogen functional groups attached to an aromatic ring is 1. The minimum absolute atomic E-state index is 0.00401. The van der Waals surface area contributed by atoms with E-state index in [4.69, 9.17) is 5.73 Å². The molecule has 0 aliphatic carbocycles. The summed E-state index contributed by atoms with van der Waals surface area (Å²) in [6, 6.07) is 8.54. The number of aromatic nitrogens is 4. The summed E-state index contributed by atoms with van der Waals surface area (Å²) in [5.41, 5.74) is 6.22. The maximum Gasteiger partial charge on any atom is 0.339 e. The maximum atomic E-state index is 13.3. The molecule has 1 amide bonds. The fourth-order valence-electron chi connectivity index (χ4n) is 3.34. The maximum absolute atomic E-state index is 13.3. The van der Waals surface area contributed by atoms with Crippen molar-refractivity contribution in [2.75, 3.05) is 25.1 Å². The van der Waals surface area contributed by atoms with Gasteiger partial charge < -0.3 is 10.6 Å². The first-order valence-electron chi connectivity index (χ1n) is 10.0. The second-order valence-electron chi connectivity index (χ2n) is 7.28. The Kier molecular flexibility index (Phi) is 6.44. The Labute approximate surface area is 180 Å². The quantitative estimate of drug-likeness (QED) is 0.546. The number of nitrogens with zero attached hydrogens (tertiary/aromatic N) is 5. The number of carbonyl (C=O) groups is 1. The molecule has 2 heterocycles. The highest BCUT2D eigenvalue weighted by molar-refractivity contribution is 7.91. The van der Waals surface area contributed by atoms with Crippen molar-refractivity contribution in [1.82, 2.24) is 24.0 Å².